The van der Waals surface area contributed by atoms with Gasteiger partial charge in [0.15, 0.2) is 0 Å². The highest BCUT2D eigenvalue weighted by Gasteiger charge is 2.37. The Hall–Kier alpha value is -2.69. The van der Waals surface area contributed by atoms with Gasteiger partial charge in [-0.15, -0.1) is 0 Å². The lowest BCUT2D eigenvalue weighted by Crippen LogP contribution is -2.33. The topological polar surface area (TPSA) is 49.4 Å². The third-order valence-corrected chi connectivity index (χ3v) is 4.75. The number of benzene rings is 2. The molecule has 0 radical (unpaired) electrons. The molecule has 1 fully saturated rings. The van der Waals surface area contributed by atoms with Crippen LogP contribution >= 0.6 is 0 Å². The van der Waals surface area contributed by atoms with Gasteiger partial charge in [-0.25, -0.2) is 4.39 Å². The van der Waals surface area contributed by atoms with E-state index in [0.717, 1.165) is 11.1 Å². The van der Waals surface area contributed by atoms with E-state index in [0.29, 0.717) is 29.9 Å². The van der Waals surface area contributed by atoms with Crippen LogP contribution in [0.4, 0.5) is 15.8 Å². The summed E-state index contributed by atoms with van der Waals surface area (Å²) in [5, 5.41) is 2.83. The average molecular weight is 340 g/mol. The van der Waals surface area contributed by atoms with E-state index in [1.807, 2.05) is 32.0 Å². The van der Waals surface area contributed by atoms with Crippen LogP contribution in [-0.2, 0) is 9.59 Å². The quantitative estimate of drug-likeness (QED) is 0.865. The summed E-state index contributed by atoms with van der Waals surface area (Å²) in [6.07, 6.45) is 0.450. The van der Waals surface area contributed by atoms with Crippen molar-refractivity contribution in [3.05, 3.63) is 58.9 Å². The van der Waals surface area contributed by atoms with E-state index < -0.39 is 5.92 Å². The molecule has 0 aliphatic carbocycles. The first-order chi connectivity index (χ1) is 11.9. The SMILES string of the molecule is Cc1ccc(NC(=O)[C@@H]2CCN(c3ccc(F)c(C)c3)C2=O)cc1C. The van der Waals surface area contributed by atoms with Crippen molar-refractivity contribution in [1.29, 1.82) is 0 Å². The van der Waals surface area contributed by atoms with E-state index in [1.165, 1.54) is 6.07 Å². The Bertz CT molecular complexity index is 848. The van der Waals surface area contributed by atoms with Crippen LogP contribution in [0.5, 0.6) is 0 Å². The molecule has 1 aliphatic rings. The fourth-order valence-electron chi connectivity index (χ4n) is 3.02. The Balaban J connectivity index is 1.73. The van der Waals surface area contributed by atoms with Crippen molar-refractivity contribution in [3.63, 3.8) is 0 Å². The van der Waals surface area contributed by atoms with Crippen LogP contribution in [0, 0.1) is 32.5 Å². The summed E-state index contributed by atoms with van der Waals surface area (Å²) in [6.45, 7) is 6.09. The second kappa shape index (κ2) is 6.67. The number of halogens is 1. The number of rotatable bonds is 3. The molecule has 1 saturated heterocycles. The maximum absolute atomic E-state index is 13.4. The summed E-state index contributed by atoms with van der Waals surface area (Å²) in [7, 11) is 0. The predicted molar refractivity (Wildman–Crippen MR) is 96.1 cm³/mol. The Labute approximate surface area is 146 Å². The second-order valence-corrected chi connectivity index (χ2v) is 6.55. The van der Waals surface area contributed by atoms with Crippen LogP contribution in [0.25, 0.3) is 0 Å². The molecule has 0 saturated carbocycles. The molecule has 2 amide bonds. The van der Waals surface area contributed by atoms with Gasteiger partial charge in [-0.1, -0.05) is 6.07 Å². The molecular formula is C20H21FN2O2. The Morgan fingerprint density at radius 3 is 2.52 bits per heavy atom. The number of anilines is 2. The Kier molecular flexibility index (Phi) is 4.57. The molecule has 5 heteroatoms. The first-order valence-electron chi connectivity index (χ1n) is 8.32. The maximum atomic E-state index is 13.4. The number of amides is 2. The number of hydrogen-bond donors (Lipinski definition) is 1. The van der Waals surface area contributed by atoms with Gasteiger partial charge in [0, 0.05) is 17.9 Å². The van der Waals surface area contributed by atoms with Crippen molar-refractivity contribution in [3.8, 4) is 0 Å². The minimum atomic E-state index is -0.716. The van der Waals surface area contributed by atoms with Gasteiger partial charge < -0.3 is 10.2 Å². The van der Waals surface area contributed by atoms with Crippen LogP contribution in [-0.4, -0.2) is 18.4 Å². The highest BCUT2D eigenvalue weighted by Crippen LogP contribution is 2.27. The molecule has 3 rings (SSSR count). The van der Waals surface area contributed by atoms with E-state index in [1.54, 1.807) is 24.0 Å². The fraction of sp³-hybridized carbons (Fsp3) is 0.300. The van der Waals surface area contributed by atoms with E-state index in [9.17, 15) is 14.0 Å². The molecule has 1 atom stereocenters. The highest BCUT2D eigenvalue weighted by molar-refractivity contribution is 6.13. The summed E-state index contributed by atoms with van der Waals surface area (Å²) in [4.78, 5) is 26.7. The molecule has 25 heavy (non-hydrogen) atoms. The van der Waals surface area contributed by atoms with Crippen molar-refractivity contribution < 1.29 is 14.0 Å². The Morgan fingerprint density at radius 2 is 1.84 bits per heavy atom. The second-order valence-electron chi connectivity index (χ2n) is 6.55. The monoisotopic (exact) mass is 340 g/mol. The molecular weight excluding hydrogens is 319 g/mol. The molecule has 0 aromatic heterocycles. The van der Waals surface area contributed by atoms with Gasteiger partial charge in [0.05, 0.1) is 0 Å². The van der Waals surface area contributed by atoms with Gasteiger partial charge in [0.1, 0.15) is 11.7 Å². The number of nitrogens with one attached hydrogen (secondary N) is 1. The molecule has 130 valence electrons. The number of carbonyl (C=O) groups excluding carboxylic acids is 2. The summed E-state index contributed by atoms with van der Waals surface area (Å²) in [5.74, 6) is -1.56. The molecule has 0 bridgehead atoms. The molecule has 0 spiro atoms. The fourth-order valence-corrected chi connectivity index (χ4v) is 3.02. The molecule has 2 aromatic carbocycles. The van der Waals surface area contributed by atoms with E-state index in [4.69, 9.17) is 0 Å². The van der Waals surface area contributed by atoms with Crippen molar-refractivity contribution in [1.82, 2.24) is 0 Å². The van der Waals surface area contributed by atoms with Gasteiger partial charge in [0.25, 0.3) is 0 Å². The zero-order valence-corrected chi connectivity index (χ0v) is 14.6. The predicted octanol–water partition coefficient (Wildman–Crippen LogP) is 3.74. The molecule has 4 nitrogen and oxygen atoms in total. The first-order valence-corrected chi connectivity index (χ1v) is 8.32. The van der Waals surface area contributed by atoms with Gasteiger partial charge in [0.2, 0.25) is 11.8 Å². The van der Waals surface area contributed by atoms with Crippen LogP contribution in [0.2, 0.25) is 0 Å². The van der Waals surface area contributed by atoms with Crippen LogP contribution in [0.15, 0.2) is 36.4 Å². The number of hydrogen-bond acceptors (Lipinski definition) is 2. The van der Waals surface area contributed by atoms with Crippen molar-refractivity contribution in [2.75, 3.05) is 16.8 Å². The largest absolute Gasteiger partial charge is 0.325 e. The molecule has 1 aliphatic heterocycles. The van der Waals surface area contributed by atoms with Crippen LogP contribution in [0.1, 0.15) is 23.1 Å². The molecule has 0 unspecified atom stereocenters. The highest BCUT2D eigenvalue weighted by atomic mass is 19.1. The molecule has 1 N–H and O–H groups in total. The van der Waals surface area contributed by atoms with E-state index in [-0.39, 0.29) is 17.6 Å². The summed E-state index contributed by atoms with van der Waals surface area (Å²) in [5.41, 5.74) is 4.03. The van der Waals surface area contributed by atoms with Crippen molar-refractivity contribution in [2.24, 2.45) is 5.92 Å². The maximum Gasteiger partial charge on any atom is 0.239 e. The lowest BCUT2D eigenvalue weighted by molar-refractivity contribution is -0.129. The standard InChI is InChI=1S/C20H21FN2O2/c1-12-4-5-15(10-13(12)2)22-19(24)17-8-9-23(20(17)25)16-6-7-18(21)14(3)11-16/h4-7,10-11,17H,8-9H2,1-3H3,(H,22,24)/t17-/m0/s1. The van der Waals surface area contributed by atoms with E-state index >= 15 is 0 Å². The number of aryl methyl sites for hydroxylation is 3. The van der Waals surface area contributed by atoms with Gasteiger partial charge >= 0.3 is 0 Å². The average Bonchev–Trinajstić information content (AvgIpc) is 2.95. The first kappa shape index (κ1) is 17.1. The number of nitrogens with zero attached hydrogens (tertiary/aromatic N) is 1. The van der Waals surface area contributed by atoms with Gasteiger partial charge in [-0.3, -0.25) is 9.59 Å². The summed E-state index contributed by atoms with van der Waals surface area (Å²) in [6, 6.07) is 10.2. The van der Waals surface area contributed by atoms with Crippen molar-refractivity contribution in [2.45, 2.75) is 27.2 Å². The van der Waals surface area contributed by atoms with E-state index in [2.05, 4.69) is 5.32 Å². The smallest absolute Gasteiger partial charge is 0.239 e. The lowest BCUT2D eigenvalue weighted by Gasteiger charge is -2.17. The molecule has 2 aromatic rings. The minimum Gasteiger partial charge on any atom is -0.325 e. The summed E-state index contributed by atoms with van der Waals surface area (Å²) >= 11 is 0. The zero-order chi connectivity index (χ0) is 18.1. The normalized spacial score (nSPS) is 17.0. The molecule has 1 heterocycles. The lowest BCUT2D eigenvalue weighted by atomic mass is 10.1. The van der Waals surface area contributed by atoms with Gasteiger partial charge in [-0.05, 0) is 74.2 Å². The van der Waals surface area contributed by atoms with Crippen LogP contribution in [0.3, 0.4) is 0 Å². The minimum absolute atomic E-state index is 0.243. The van der Waals surface area contributed by atoms with Crippen molar-refractivity contribution >= 4 is 23.2 Å². The summed E-state index contributed by atoms with van der Waals surface area (Å²) < 4.78 is 13.4. The zero-order valence-electron chi connectivity index (χ0n) is 14.6. The number of carbonyl (C=O) groups is 2. The van der Waals surface area contributed by atoms with Gasteiger partial charge in [-0.2, -0.15) is 0 Å². The van der Waals surface area contributed by atoms with Crippen LogP contribution < -0.4 is 10.2 Å². The third kappa shape index (κ3) is 3.40. The third-order valence-electron chi connectivity index (χ3n) is 4.75. The Morgan fingerprint density at radius 1 is 1.08 bits per heavy atom.